The van der Waals surface area contributed by atoms with Gasteiger partial charge in [-0.25, -0.2) is 4.39 Å². The van der Waals surface area contributed by atoms with Crippen molar-refractivity contribution in [2.45, 2.75) is 26.4 Å². The fourth-order valence-corrected chi connectivity index (χ4v) is 2.22. The van der Waals surface area contributed by atoms with E-state index in [-0.39, 0.29) is 5.82 Å². The van der Waals surface area contributed by atoms with E-state index in [0.717, 1.165) is 16.7 Å². The molecule has 0 saturated heterocycles. The van der Waals surface area contributed by atoms with Crippen LogP contribution in [0.1, 0.15) is 28.4 Å². The van der Waals surface area contributed by atoms with Crippen molar-refractivity contribution >= 4 is 0 Å². The first-order valence-electron chi connectivity index (χ1n) is 6.07. The number of hydrogen-bond donors (Lipinski definition) is 1. The third-order valence-electron chi connectivity index (χ3n) is 3.31. The molecular formula is C16H17FO. The maximum absolute atomic E-state index is 13.6. The fourth-order valence-electron chi connectivity index (χ4n) is 2.22. The van der Waals surface area contributed by atoms with E-state index in [0.29, 0.717) is 12.0 Å². The Balaban J connectivity index is 2.27. The predicted octanol–water partition coefficient (Wildman–Crippen LogP) is 3.72. The molecule has 1 nitrogen and oxygen atoms in total. The number of aliphatic hydroxyl groups is 1. The third-order valence-corrected chi connectivity index (χ3v) is 3.31. The summed E-state index contributed by atoms with van der Waals surface area (Å²) < 4.78 is 13.6. The minimum absolute atomic E-state index is 0.351. The molecule has 1 N–H and O–H groups in total. The van der Waals surface area contributed by atoms with E-state index >= 15 is 0 Å². The first-order chi connectivity index (χ1) is 8.59. The van der Waals surface area contributed by atoms with E-state index in [4.69, 9.17) is 0 Å². The van der Waals surface area contributed by atoms with Crippen molar-refractivity contribution < 1.29 is 9.50 Å². The van der Waals surface area contributed by atoms with Crippen LogP contribution in [-0.4, -0.2) is 5.11 Å². The van der Waals surface area contributed by atoms with Crippen LogP contribution in [0.25, 0.3) is 0 Å². The lowest BCUT2D eigenvalue weighted by molar-refractivity contribution is 0.173. The SMILES string of the molecule is Cc1cccc(C)c1CC(O)c1ccccc1F. The van der Waals surface area contributed by atoms with Gasteiger partial charge in [0.25, 0.3) is 0 Å². The Morgan fingerprint density at radius 3 is 2.22 bits per heavy atom. The fraction of sp³-hybridized carbons (Fsp3) is 0.250. The van der Waals surface area contributed by atoms with E-state index in [9.17, 15) is 9.50 Å². The zero-order valence-electron chi connectivity index (χ0n) is 10.7. The Hall–Kier alpha value is -1.67. The zero-order valence-corrected chi connectivity index (χ0v) is 10.7. The molecule has 94 valence electrons. The van der Waals surface area contributed by atoms with Gasteiger partial charge in [0.2, 0.25) is 0 Å². The molecule has 0 saturated carbocycles. The molecule has 0 radical (unpaired) electrons. The second-order valence-electron chi connectivity index (χ2n) is 4.61. The number of hydrogen-bond acceptors (Lipinski definition) is 1. The average molecular weight is 244 g/mol. The number of rotatable bonds is 3. The van der Waals surface area contributed by atoms with Crippen molar-refractivity contribution in [2.24, 2.45) is 0 Å². The van der Waals surface area contributed by atoms with Gasteiger partial charge in [-0.15, -0.1) is 0 Å². The van der Waals surface area contributed by atoms with Crippen LogP contribution < -0.4 is 0 Å². The lowest BCUT2D eigenvalue weighted by Gasteiger charge is -2.15. The van der Waals surface area contributed by atoms with Crippen molar-refractivity contribution in [1.29, 1.82) is 0 Å². The molecule has 2 rings (SSSR count). The van der Waals surface area contributed by atoms with Crippen molar-refractivity contribution in [3.8, 4) is 0 Å². The van der Waals surface area contributed by atoms with Crippen LogP contribution in [0.5, 0.6) is 0 Å². The van der Waals surface area contributed by atoms with Crippen molar-refractivity contribution in [1.82, 2.24) is 0 Å². The summed E-state index contributed by atoms with van der Waals surface area (Å²) in [5.41, 5.74) is 3.71. The van der Waals surface area contributed by atoms with Crippen LogP contribution in [0, 0.1) is 19.7 Å². The molecule has 0 spiro atoms. The van der Waals surface area contributed by atoms with Gasteiger partial charge in [0.1, 0.15) is 5.82 Å². The van der Waals surface area contributed by atoms with Crippen molar-refractivity contribution in [2.75, 3.05) is 0 Å². The lowest BCUT2D eigenvalue weighted by atomic mass is 9.94. The summed E-state index contributed by atoms with van der Waals surface area (Å²) in [6, 6.07) is 12.4. The standard InChI is InChI=1S/C16H17FO/c1-11-6-5-7-12(2)14(11)10-16(18)13-8-3-4-9-15(13)17/h3-9,16,18H,10H2,1-2H3. The molecule has 0 aliphatic rings. The summed E-state index contributed by atoms with van der Waals surface area (Å²) in [4.78, 5) is 0. The highest BCUT2D eigenvalue weighted by atomic mass is 19.1. The molecule has 18 heavy (non-hydrogen) atoms. The Morgan fingerprint density at radius 1 is 1.00 bits per heavy atom. The molecule has 0 aliphatic carbocycles. The van der Waals surface area contributed by atoms with E-state index in [1.165, 1.54) is 6.07 Å². The van der Waals surface area contributed by atoms with Crippen LogP contribution in [0.15, 0.2) is 42.5 Å². The van der Waals surface area contributed by atoms with E-state index in [1.54, 1.807) is 18.2 Å². The quantitative estimate of drug-likeness (QED) is 0.872. The van der Waals surface area contributed by atoms with E-state index < -0.39 is 6.10 Å². The normalized spacial score (nSPS) is 12.4. The number of benzene rings is 2. The molecule has 0 aromatic heterocycles. The Bertz CT molecular complexity index is 528. The minimum atomic E-state index is -0.800. The molecule has 2 heteroatoms. The minimum Gasteiger partial charge on any atom is -0.388 e. The van der Waals surface area contributed by atoms with Crippen molar-refractivity contribution in [3.05, 3.63) is 70.5 Å². The maximum atomic E-state index is 13.6. The Labute approximate surface area is 107 Å². The molecular weight excluding hydrogens is 227 g/mol. The van der Waals surface area contributed by atoms with Gasteiger partial charge in [0.15, 0.2) is 0 Å². The van der Waals surface area contributed by atoms with Crippen LogP contribution >= 0.6 is 0 Å². The maximum Gasteiger partial charge on any atom is 0.129 e. The van der Waals surface area contributed by atoms with E-state index in [2.05, 4.69) is 0 Å². The summed E-state index contributed by atoms with van der Waals surface area (Å²) in [5, 5.41) is 10.2. The molecule has 0 bridgehead atoms. The Morgan fingerprint density at radius 2 is 1.61 bits per heavy atom. The highest BCUT2D eigenvalue weighted by molar-refractivity contribution is 5.35. The molecule has 0 heterocycles. The highest BCUT2D eigenvalue weighted by Gasteiger charge is 2.14. The molecule has 2 aromatic carbocycles. The van der Waals surface area contributed by atoms with Gasteiger partial charge in [-0.1, -0.05) is 36.4 Å². The molecule has 0 aliphatic heterocycles. The third kappa shape index (κ3) is 2.59. The zero-order chi connectivity index (χ0) is 13.1. The lowest BCUT2D eigenvalue weighted by Crippen LogP contribution is -2.06. The molecule has 2 aromatic rings. The summed E-state index contributed by atoms with van der Waals surface area (Å²) in [6.45, 7) is 4.02. The Kier molecular flexibility index (Phi) is 3.78. The molecule has 0 fully saturated rings. The van der Waals surface area contributed by atoms with Crippen LogP contribution in [-0.2, 0) is 6.42 Å². The monoisotopic (exact) mass is 244 g/mol. The smallest absolute Gasteiger partial charge is 0.129 e. The van der Waals surface area contributed by atoms with Crippen LogP contribution in [0.3, 0.4) is 0 Å². The second-order valence-corrected chi connectivity index (χ2v) is 4.61. The van der Waals surface area contributed by atoms with Gasteiger partial charge >= 0.3 is 0 Å². The number of halogens is 1. The van der Waals surface area contributed by atoms with Crippen LogP contribution in [0.2, 0.25) is 0 Å². The highest BCUT2D eigenvalue weighted by Crippen LogP contribution is 2.24. The molecule has 1 atom stereocenters. The molecule has 0 amide bonds. The van der Waals surface area contributed by atoms with Gasteiger partial charge < -0.3 is 5.11 Å². The summed E-state index contributed by atoms with van der Waals surface area (Å²) in [5.74, 6) is -0.351. The first-order valence-corrected chi connectivity index (χ1v) is 6.07. The van der Waals surface area contributed by atoms with Gasteiger partial charge in [0, 0.05) is 12.0 Å². The summed E-state index contributed by atoms with van der Waals surface area (Å²) in [7, 11) is 0. The average Bonchev–Trinajstić information content (AvgIpc) is 2.34. The summed E-state index contributed by atoms with van der Waals surface area (Å²) >= 11 is 0. The largest absolute Gasteiger partial charge is 0.388 e. The second kappa shape index (κ2) is 5.32. The van der Waals surface area contributed by atoms with Gasteiger partial charge in [0.05, 0.1) is 6.10 Å². The topological polar surface area (TPSA) is 20.2 Å². The number of aliphatic hydroxyl groups excluding tert-OH is 1. The van der Waals surface area contributed by atoms with E-state index in [1.807, 2.05) is 32.0 Å². The van der Waals surface area contributed by atoms with Crippen molar-refractivity contribution in [3.63, 3.8) is 0 Å². The molecule has 1 unspecified atom stereocenters. The first kappa shape index (κ1) is 12.8. The van der Waals surface area contributed by atoms with Gasteiger partial charge in [-0.3, -0.25) is 0 Å². The number of aryl methyl sites for hydroxylation is 2. The van der Waals surface area contributed by atoms with Crippen LogP contribution in [0.4, 0.5) is 4.39 Å². The predicted molar refractivity (Wildman–Crippen MR) is 71.0 cm³/mol. The van der Waals surface area contributed by atoms with Gasteiger partial charge in [-0.05, 0) is 36.6 Å². The summed E-state index contributed by atoms with van der Waals surface area (Å²) in [6.07, 6.45) is -0.356. The van der Waals surface area contributed by atoms with Gasteiger partial charge in [-0.2, -0.15) is 0 Å².